The molecule has 0 unspecified atom stereocenters. The third-order valence-electron chi connectivity index (χ3n) is 2.04. The van der Waals surface area contributed by atoms with Gasteiger partial charge >= 0.3 is 0 Å². The second-order valence-corrected chi connectivity index (χ2v) is 5.91. The highest BCUT2D eigenvalue weighted by molar-refractivity contribution is 9.28. The Labute approximate surface area is 86.7 Å². The number of rotatable bonds is 4. The smallest absolute Gasteiger partial charge is 0.0564 e. The molecular formula is C9H16Br2. The summed E-state index contributed by atoms with van der Waals surface area (Å²) < 4.78 is 1.07. The maximum absolute atomic E-state index is 3.36. The quantitative estimate of drug-likeness (QED) is 0.702. The highest BCUT2D eigenvalue weighted by Crippen LogP contribution is 2.22. The van der Waals surface area contributed by atoms with Crippen molar-refractivity contribution in [3.63, 3.8) is 0 Å². The Morgan fingerprint density at radius 2 is 1.91 bits per heavy atom. The molecule has 0 nitrogen and oxygen atoms in total. The van der Waals surface area contributed by atoms with E-state index in [1.54, 1.807) is 0 Å². The minimum atomic E-state index is 0.788. The highest BCUT2D eigenvalue weighted by Gasteiger charge is 2.08. The predicted octanol–water partition coefficient (Wildman–Crippen LogP) is 4.69. The molecule has 0 amide bonds. The van der Waals surface area contributed by atoms with Gasteiger partial charge in [-0.1, -0.05) is 33.3 Å². The zero-order valence-corrected chi connectivity index (χ0v) is 10.6. The molecule has 0 heterocycles. The van der Waals surface area contributed by atoms with Crippen LogP contribution in [-0.4, -0.2) is 0 Å². The van der Waals surface area contributed by atoms with Crippen molar-refractivity contribution >= 4 is 31.9 Å². The maximum atomic E-state index is 3.36. The van der Waals surface area contributed by atoms with Crippen LogP contribution < -0.4 is 0 Å². The molecule has 0 N–H and O–H groups in total. The summed E-state index contributed by atoms with van der Waals surface area (Å²) in [5.41, 5.74) is 0. The molecule has 0 aliphatic carbocycles. The summed E-state index contributed by atoms with van der Waals surface area (Å²) >= 11 is 6.72. The summed E-state index contributed by atoms with van der Waals surface area (Å²) in [6.45, 7) is 6.81. The van der Waals surface area contributed by atoms with Crippen molar-refractivity contribution in [1.29, 1.82) is 0 Å². The molecule has 0 spiro atoms. The van der Waals surface area contributed by atoms with Gasteiger partial charge in [-0.2, -0.15) is 0 Å². The van der Waals surface area contributed by atoms with Crippen LogP contribution in [0, 0.1) is 11.8 Å². The van der Waals surface area contributed by atoms with Gasteiger partial charge in [-0.25, -0.2) is 0 Å². The molecule has 0 bridgehead atoms. The molecular weight excluding hydrogens is 268 g/mol. The Bertz CT molecular complexity index is 124. The fourth-order valence-electron chi connectivity index (χ4n) is 1.15. The first-order valence-corrected chi connectivity index (χ1v) is 5.67. The number of halogens is 2. The Morgan fingerprint density at radius 1 is 1.36 bits per heavy atom. The van der Waals surface area contributed by atoms with Crippen LogP contribution in [0.2, 0.25) is 0 Å². The van der Waals surface area contributed by atoms with E-state index in [0.717, 1.165) is 15.2 Å². The van der Waals surface area contributed by atoms with Crippen LogP contribution in [0.5, 0.6) is 0 Å². The number of allylic oxidation sites excluding steroid dienone is 1. The zero-order valence-electron chi connectivity index (χ0n) is 7.40. The van der Waals surface area contributed by atoms with Crippen molar-refractivity contribution in [1.82, 2.24) is 0 Å². The maximum Gasteiger partial charge on any atom is 0.0564 e. The minimum Gasteiger partial charge on any atom is -0.0651 e. The highest BCUT2D eigenvalue weighted by atomic mass is 79.9. The minimum absolute atomic E-state index is 0.788. The Hall–Kier alpha value is 0.700. The van der Waals surface area contributed by atoms with Crippen LogP contribution in [0.4, 0.5) is 0 Å². The van der Waals surface area contributed by atoms with Crippen molar-refractivity contribution < 1.29 is 0 Å². The first-order valence-electron chi connectivity index (χ1n) is 4.09. The van der Waals surface area contributed by atoms with Gasteiger partial charge in [-0.15, -0.1) is 0 Å². The van der Waals surface area contributed by atoms with Crippen LogP contribution >= 0.6 is 31.9 Å². The lowest BCUT2D eigenvalue weighted by Gasteiger charge is -2.16. The predicted molar refractivity (Wildman–Crippen MR) is 59.2 cm³/mol. The van der Waals surface area contributed by atoms with Gasteiger partial charge in [0.1, 0.15) is 0 Å². The van der Waals surface area contributed by atoms with E-state index in [-0.39, 0.29) is 0 Å². The molecule has 0 aliphatic heterocycles. The average Bonchev–Trinajstić information content (AvgIpc) is 1.87. The first kappa shape index (κ1) is 11.7. The fraction of sp³-hybridized carbons (Fsp3) is 0.778. The molecule has 11 heavy (non-hydrogen) atoms. The molecule has 0 rings (SSSR count). The van der Waals surface area contributed by atoms with Crippen LogP contribution in [0.15, 0.2) is 9.47 Å². The Balaban J connectivity index is 3.79. The normalized spacial score (nSPS) is 13.3. The van der Waals surface area contributed by atoms with E-state index >= 15 is 0 Å². The summed E-state index contributed by atoms with van der Waals surface area (Å²) in [7, 11) is 0. The zero-order chi connectivity index (χ0) is 8.85. The van der Waals surface area contributed by atoms with E-state index in [0.29, 0.717) is 0 Å². The summed E-state index contributed by atoms with van der Waals surface area (Å²) in [5.74, 6) is 1.61. The van der Waals surface area contributed by atoms with Gasteiger partial charge in [0, 0.05) is 0 Å². The molecule has 0 saturated heterocycles. The van der Waals surface area contributed by atoms with Crippen molar-refractivity contribution in [3.8, 4) is 0 Å². The van der Waals surface area contributed by atoms with Crippen LogP contribution in [-0.2, 0) is 0 Å². The number of hydrogen-bond acceptors (Lipinski definition) is 0. The molecule has 0 aromatic carbocycles. The van der Waals surface area contributed by atoms with Gasteiger partial charge in [0.05, 0.1) is 3.39 Å². The van der Waals surface area contributed by atoms with Crippen molar-refractivity contribution in [2.24, 2.45) is 11.8 Å². The second kappa shape index (κ2) is 6.24. The van der Waals surface area contributed by atoms with E-state index < -0.39 is 0 Å². The number of hydrogen-bond donors (Lipinski definition) is 0. The third kappa shape index (κ3) is 5.92. The topological polar surface area (TPSA) is 0 Å². The monoisotopic (exact) mass is 282 g/mol. The molecule has 66 valence electrons. The van der Waals surface area contributed by atoms with E-state index in [2.05, 4.69) is 58.7 Å². The third-order valence-corrected chi connectivity index (χ3v) is 2.69. The standard InChI is InChI=1S/C9H16Br2/c1-4-8(7(2)3)5-6-9(10)11/h6-8H,4-5H2,1-3H3/t8-/m0/s1. The molecule has 1 atom stereocenters. The van der Waals surface area contributed by atoms with Gasteiger partial charge in [-0.3, -0.25) is 0 Å². The van der Waals surface area contributed by atoms with Gasteiger partial charge in [-0.05, 0) is 50.1 Å². The SMILES string of the molecule is CC[C@@H](CC=C(Br)Br)C(C)C. The van der Waals surface area contributed by atoms with Gasteiger partial charge < -0.3 is 0 Å². The lowest BCUT2D eigenvalue weighted by atomic mass is 9.90. The van der Waals surface area contributed by atoms with E-state index in [1.165, 1.54) is 12.8 Å². The van der Waals surface area contributed by atoms with E-state index in [4.69, 9.17) is 0 Å². The van der Waals surface area contributed by atoms with Gasteiger partial charge in [0.15, 0.2) is 0 Å². The Morgan fingerprint density at radius 3 is 2.18 bits per heavy atom. The van der Waals surface area contributed by atoms with Crippen molar-refractivity contribution in [3.05, 3.63) is 9.47 Å². The largest absolute Gasteiger partial charge is 0.0651 e. The summed E-state index contributed by atoms with van der Waals surface area (Å²) in [5, 5.41) is 0. The van der Waals surface area contributed by atoms with E-state index in [1.807, 2.05) is 0 Å². The molecule has 0 radical (unpaired) electrons. The molecule has 0 fully saturated rings. The second-order valence-electron chi connectivity index (χ2n) is 3.14. The lowest BCUT2D eigenvalue weighted by Crippen LogP contribution is -2.05. The van der Waals surface area contributed by atoms with Gasteiger partial charge in [0.2, 0.25) is 0 Å². The molecule has 2 heteroatoms. The fourth-order valence-corrected chi connectivity index (χ4v) is 1.52. The van der Waals surface area contributed by atoms with Crippen LogP contribution in [0.25, 0.3) is 0 Å². The molecule has 0 aromatic heterocycles. The average molecular weight is 284 g/mol. The summed E-state index contributed by atoms with van der Waals surface area (Å²) in [6.07, 6.45) is 4.62. The molecule has 0 aliphatic rings. The van der Waals surface area contributed by atoms with Gasteiger partial charge in [0.25, 0.3) is 0 Å². The summed E-state index contributed by atoms with van der Waals surface area (Å²) in [6, 6.07) is 0. The molecule has 0 saturated carbocycles. The van der Waals surface area contributed by atoms with Crippen LogP contribution in [0.3, 0.4) is 0 Å². The first-order chi connectivity index (χ1) is 5.07. The van der Waals surface area contributed by atoms with Crippen molar-refractivity contribution in [2.45, 2.75) is 33.6 Å². The van der Waals surface area contributed by atoms with E-state index in [9.17, 15) is 0 Å². The summed E-state index contributed by atoms with van der Waals surface area (Å²) in [4.78, 5) is 0. The molecule has 0 aromatic rings. The van der Waals surface area contributed by atoms with Crippen molar-refractivity contribution in [2.75, 3.05) is 0 Å². The lowest BCUT2D eigenvalue weighted by molar-refractivity contribution is 0.377. The van der Waals surface area contributed by atoms with Crippen LogP contribution in [0.1, 0.15) is 33.6 Å². The Kier molecular flexibility index (Phi) is 6.64.